The lowest BCUT2D eigenvalue weighted by Crippen LogP contribution is -2.40. The molecule has 118 valence electrons. The van der Waals surface area contributed by atoms with E-state index in [1.54, 1.807) is 0 Å². The first-order valence-corrected chi connectivity index (χ1v) is 7.83. The summed E-state index contributed by atoms with van der Waals surface area (Å²) in [6.07, 6.45) is 0.896. The number of rotatable bonds is 7. The van der Waals surface area contributed by atoms with Gasteiger partial charge in [0, 0.05) is 24.0 Å². The molecule has 2 unspecified atom stereocenters. The number of nitrogens with one attached hydrogen (secondary N) is 1. The van der Waals surface area contributed by atoms with E-state index in [0.717, 1.165) is 24.3 Å². The smallest absolute Gasteiger partial charge is 0.241 e. The number of nitrogens with zero attached hydrogens (tertiary/aromatic N) is 1. The molecule has 1 amide bonds. The maximum absolute atomic E-state index is 12.0. The quantitative estimate of drug-likeness (QED) is 0.811. The van der Waals surface area contributed by atoms with Crippen molar-refractivity contribution in [2.24, 2.45) is 11.7 Å². The molecule has 0 aliphatic rings. The summed E-state index contributed by atoms with van der Waals surface area (Å²) in [4.78, 5) is 14.4. The fraction of sp³-hybridized carbons (Fsp3) is 0.588. The van der Waals surface area contributed by atoms with Crippen molar-refractivity contribution in [2.75, 3.05) is 16.8 Å². The van der Waals surface area contributed by atoms with Crippen LogP contribution in [0.25, 0.3) is 0 Å². The van der Waals surface area contributed by atoms with Gasteiger partial charge in [0.2, 0.25) is 5.91 Å². The Hall–Kier alpha value is -1.55. The molecule has 0 radical (unpaired) electrons. The molecule has 0 saturated heterocycles. The standard InChI is InChI=1S/C17H29N3O/c1-6-13(5)16(18)17(21)19-14-8-10-15(11-9-14)20(7-2)12(3)4/h8-13,16H,6-7,18H2,1-5H3,(H,19,21). The minimum atomic E-state index is -0.461. The molecule has 21 heavy (non-hydrogen) atoms. The van der Waals surface area contributed by atoms with Crippen molar-refractivity contribution in [1.29, 1.82) is 0 Å². The molecule has 1 rings (SSSR count). The van der Waals surface area contributed by atoms with E-state index >= 15 is 0 Å². The number of hydrogen-bond acceptors (Lipinski definition) is 3. The summed E-state index contributed by atoms with van der Waals surface area (Å²) in [5.74, 6) is 0.0640. The lowest BCUT2D eigenvalue weighted by atomic mass is 9.99. The predicted octanol–water partition coefficient (Wildman–Crippen LogP) is 3.23. The Morgan fingerprint density at radius 3 is 2.19 bits per heavy atom. The van der Waals surface area contributed by atoms with E-state index in [2.05, 4.69) is 31.0 Å². The number of hydrogen-bond donors (Lipinski definition) is 2. The fourth-order valence-corrected chi connectivity index (χ4v) is 2.32. The number of carbonyl (C=O) groups is 1. The van der Waals surface area contributed by atoms with Crippen LogP contribution in [0.1, 0.15) is 41.0 Å². The third kappa shape index (κ3) is 4.74. The molecule has 4 heteroatoms. The molecule has 0 spiro atoms. The fourth-order valence-electron chi connectivity index (χ4n) is 2.32. The molecule has 0 aliphatic carbocycles. The van der Waals surface area contributed by atoms with Crippen LogP contribution in [0.3, 0.4) is 0 Å². The number of anilines is 2. The molecule has 1 aromatic carbocycles. The van der Waals surface area contributed by atoms with Gasteiger partial charge in [-0.15, -0.1) is 0 Å². The van der Waals surface area contributed by atoms with E-state index in [9.17, 15) is 4.79 Å². The molecule has 0 aromatic heterocycles. The molecular weight excluding hydrogens is 262 g/mol. The van der Waals surface area contributed by atoms with Crippen LogP contribution in [-0.4, -0.2) is 24.5 Å². The van der Waals surface area contributed by atoms with Crippen molar-refractivity contribution < 1.29 is 4.79 Å². The summed E-state index contributed by atoms with van der Waals surface area (Å²) in [5, 5.41) is 2.89. The molecule has 3 N–H and O–H groups in total. The van der Waals surface area contributed by atoms with Crippen molar-refractivity contribution in [3.63, 3.8) is 0 Å². The van der Waals surface area contributed by atoms with Crippen LogP contribution in [0.5, 0.6) is 0 Å². The number of benzene rings is 1. The van der Waals surface area contributed by atoms with Crippen LogP contribution in [0.4, 0.5) is 11.4 Å². The van der Waals surface area contributed by atoms with Gasteiger partial charge in [-0.2, -0.15) is 0 Å². The number of carbonyl (C=O) groups excluding carboxylic acids is 1. The van der Waals surface area contributed by atoms with Crippen LogP contribution < -0.4 is 16.0 Å². The Balaban J connectivity index is 2.73. The molecule has 0 saturated carbocycles. The Labute approximate surface area is 128 Å². The van der Waals surface area contributed by atoms with Crippen LogP contribution in [0.2, 0.25) is 0 Å². The lowest BCUT2D eigenvalue weighted by molar-refractivity contribution is -0.118. The summed E-state index contributed by atoms with van der Waals surface area (Å²) in [7, 11) is 0. The second-order valence-corrected chi connectivity index (χ2v) is 5.83. The molecule has 0 aliphatic heterocycles. The zero-order valence-electron chi connectivity index (χ0n) is 13.9. The van der Waals surface area contributed by atoms with Crippen LogP contribution >= 0.6 is 0 Å². The number of nitrogens with two attached hydrogens (primary N) is 1. The third-order valence-corrected chi connectivity index (χ3v) is 3.99. The van der Waals surface area contributed by atoms with E-state index in [1.807, 2.05) is 38.1 Å². The van der Waals surface area contributed by atoms with Gasteiger partial charge in [0.1, 0.15) is 0 Å². The minimum Gasteiger partial charge on any atom is -0.369 e. The van der Waals surface area contributed by atoms with Crippen molar-refractivity contribution >= 4 is 17.3 Å². The van der Waals surface area contributed by atoms with Gasteiger partial charge in [-0.05, 0) is 51.0 Å². The van der Waals surface area contributed by atoms with Gasteiger partial charge in [0.25, 0.3) is 0 Å². The first-order valence-electron chi connectivity index (χ1n) is 7.83. The van der Waals surface area contributed by atoms with E-state index < -0.39 is 6.04 Å². The van der Waals surface area contributed by atoms with Gasteiger partial charge in [-0.3, -0.25) is 4.79 Å². The van der Waals surface area contributed by atoms with E-state index in [0.29, 0.717) is 6.04 Å². The zero-order valence-corrected chi connectivity index (χ0v) is 13.9. The molecule has 0 bridgehead atoms. The maximum atomic E-state index is 12.0. The summed E-state index contributed by atoms with van der Waals surface area (Å²) < 4.78 is 0. The number of amides is 1. The van der Waals surface area contributed by atoms with E-state index in [-0.39, 0.29) is 11.8 Å². The SMILES string of the molecule is CCC(C)C(N)C(=O)Nc1ccc(N(CC)C(C)C)cc1. The minimum absolute atomic E-state index is 0.117. The van der Waals surface area contributed by atoms with Gasteiger partial charge in [-0.25, -0.2) is 0 Å². The van der Waals surface area contributed by atoms with Crippen molar-refractivity contribution in [3.05, 3.63) is 24.3 Å². The molecule has 2 atom stereocenters. The maximum Gasteiger partial charge on any atom is 0.241 e. The summed E-state index contributed by atoms with van der Waals surface area (Å²) >= 11 is 0. The predicted molar refractivity (Wildman–Crippen MR) is 90.7 cm³/mol. The average molecular weight is 291 g/mol. The van der Waals surface area contributed by atoms with Crippen molar-refractivity contribution in [3.8, 4) is 0 Å². The molecular formula is C17H29N3O. The first kappa shape index (κ1) is 17.5. The van der Waals surface area contributed by atoms with Crippen LogP contribution in [-0.2, 0) is 4.79 Å². The normalized spacial score (nSPS) is 13.9. The van der Waals surface area contributed by atoms with Gasteiger partial charge in [0.05, 0.1) is 6.04 Å². The van der Waals surface area contributed by atoms with E-state index in [1.165, 1.54) is 0 Å². The summed E-state index contributed by atoms with van der Waals surface area (Å²) in [6, 6.07) is 7.93. The van der Waals surface area contributed by atoms with Crippen LogP contribution in [0, 0.1) is 5.92 Å². The molecule has 1 aromatic rings. The zero-order chi connectivity index (χ0) is 16.0. The van der Waals surface area contributed by atoms with Crippen molar-refractivity contribution in [2.45, 2.75) is 53.1 Å². The third-order valence-electron chi connectivity index (χ3n) is 3.99. The first-order chi connectivity index (χ1) is 9.90. The second-order valence-electron chi connectivity index (χ2n) is 5.83. The van der Waals surface area contributed by atoms with Gasteiger partial charge >= 0.3 is 0 Å². The highest BCUT2D eigenvalue weighted by Crippen LogP contribution is 2.20. The molecule has 0 heterocycles. The van der Waals surface area contributed by atoms with Gasteiger partial charge < -0.3 is 16.0 Å². The highest BCUT2D eigenvalue weighted by molar-refractivity contribution is 5.95. The highest BCUT2D eigenvalue weighted by atomic mass is 16.2. The Kier molecular flexibility index (Phi) is 6.69. The Morgan fingerprint density at radius 1 is 1.19 bits per heavy atom. The highest BCUT2D eigenvalue weighted by Gasteiger charge is 2.19. The molecule has 4 nitrogen and oxygen atoms in total. The van der Waals surface area contributed by atoms with Crippen LogP contribution in [0.15, 0.2) is 24.3 Å². The largest absolute Gasteiger partial charge is 0.369 e. The second kappa shape index (κ2) is 8.03. The molecule has 0 fully saturated rings. The topological polar surface area (TPSA) is 58.4 Å². The van der Waals surface area contributed by atoms with Crippen molar-refractivity contribution in [1.82, 2.24) is 0 Å². The monoisotopic (exact) mass is 291 g/mol. The lowest BCUT2D eigenvalue weighted by Gasteiger charge is -2.27. The average Bonchev–Trinajstić information content (AvgIpc) is 2.47. The van der Waals surface area contributed by atoms with Gasteiger partial charge in [0.15, 0.2) is 0 Å². The summed E-state index contributed by atoms with van der Waals surface area (Å²) in [6.45, 7) is 11.5. The summed E-state index contributed by atoms with van der Waals surface area (Å²) in [5.41, 5.74) is 7.90. The Morgan fingerprint density at radius 2 is 1.76 bits per heavy atom. The van der Waals surface area contributed by atoms with Gasteiger partial charge in [-0.1, -0.05) is 20.3 Å². The van der Waals surface area contributed by atoms with E-state index in [4.69, 9.17) is 5.73 Å². The Bertz CT molecular complexity index is 442.